The number of nitrogens with one attached hydrogen (secondary N) is 2. The lowest BCUT2D eigenvalue weighted by molar-refractivity contribution is 0.545. The molecule has 0 spiro atoms. The molecule has 1 unspecified atom stereocenters. The Morgan fingerprint density at radius 3 is 2.88 bits per heavy atom. The van der Waals surface area contributed by atoms with E-state index in [-0.39, 0.29) is 17.6 Å². The van der Waals surface area contributed by atoms with Crippen molar-refractivity contribution in [1.82, 2.24) is 14.7 Å². The van der Waals surface area contributed by atoms with E-state index in [9.17, 15) is 8.42 Å². The number of aromatic amines is 1. The summed E-state index contributed by atoms with van der Waals surface area (Å²) in [5.41, 5.74) is 5.82. The van der Waals surface area contributed by atoms with Crippen LogP contribution >= 0.6 is 0 Å². The van der Waals surface area contributed by atoms with Gasteiger partial charge in [0.05, 0.1) is 6.20 Å². The number of imidazole rings is 1. The topological polar surface area (TPSA) is 101 Å². The number of H-pyrrole nitrogens is 1. The molecule has 0 aromatic carbocycles. The Balaban J connectivity index is 1.97. The Morgan fingerprint density at radius 1 is 1.69 bits per heavy atom. The van der Waals surface area contributed by atoms with Gasteiger partial charge in [-0.1, -0.05) is 0 Å². The average Bonchev–Trinajstić information content (AvgIpc) is 2.98. The summed E-state index contributed by atoms with van der Waals surface area (Å²) in [6, 6.07) is -0.0845. The maximum Gasteiger partial charge on any atom is 0.257 e. The van der Waals surface area contributed by atoms with Gasteiger partial charge in [-0.25, -0.2) is 18.1 Å². The zero-order chi connectivity index (χ0) is 11.8. The molecule has 1 aliphatic carbocycles. The second-order valence-corrected chi connectivity index (χ2v) is 5.92. The number of hydrogen-bond acceptors (Lipinski definition) is 4. The number of nitrogens with zero attached hydrogens (tertiary/aromatic N) is 1. The van der Waals surface area contributed by atoms with E-state index in [1.54, 1.807) is 6.92 Å². The number of aryl methyl sites for hydroxylation is 1. The molecule has 1 aromatic rings. The Bertz CT molecular complexity index is 464. The highest BCUT2D eigenvalue weighted by atomic mass is 32.2. The highest BCUT2D eigenvalue weighted by Crippen LogP contribution is 2.31. The quantitative estimate of drug-likeness (QED) is 0.664. The molecule has 1 saturated carbocycles. The van der Waals surface area contributed by atoms with Crippen molar-refractivity contribution in [2.45, 2.75) is 30.8 Å². The molecule has 0 aliphatic heterocycles. The van der Waals surface area contributed by atoms with Crippen molar-refractivity contribution in [2.75, 3.05) is 6.54 Å². The van der Waals surface area contributed by atoms with Crippen molar-refractivity contribution in [3.8, 4) is 0 Å². The van der Waals surface area contributed by atoms with Gasteiger partial charge in [-0.2, -0.15) is 0 Å². The van der Waals surface area contributed by atoms with Crippen molar-refractivity contribution in [1.29, 1.82) is 0 Å². The largest absolute Gasteiger partial charge is 0.332 e. The van der Waals surface area contributed by atoms with Gasteiger partial charge in [0, 0.05) is 12.6 Å². The zero-order valence-electron chi connectivity index (χ0n) is 9.10. The van der Waals surface area contributed by atoms with Crippen LogP contribution in [0.4, 0.5) is 0 Å². The lowest BCUT2D eigenvalue weighted by Crippen LogP contribution is -2.38. The summed E-state index contributed by atoms with van der Waals surface area (Å²) in [7, 11) is -3.49. The van der Waals surface area contributed by atoms with Crippen LogP contribution < -0.4 is 10.5 Å². The third kappa shape index (κ3) is 2.60. The Kier molecular flexibility index (Phi) is 3.00. The van der Waals surface area contributed by atoms with Gasteiger partial charge < -0.3 is 10.7 Å². The predicted molar refractivity (Wildman–Crippen MR) is 59.2 cm³/mol. The monoisotopic (exact) mass is 244 g/mol. The van der Waals surface area contributed by atoms with Crippen LogP contribution in [0, 0.1) is 12.8 Å². The maximum atomic E-state index is 11.8. The Hall–Kier alpha value is -0.920. The smallest absolute Gasteiger partial charge is 0.257 e. The summed E-state index contributed by atoms with van der Waals surface area (Å²) in [5.74, 6) is 1.05. The summed E-state index contributed by atoms with van der Waals surface area (Å²) in [5, 5.41) is 0.0907. The van der Waals surface area contributed by atoms with Crippen LogP contribution in [0.15, 0.2) is 11.2 Å². The van der Waals surface area contributed by atoms with E-state index >= 15 is 0 Å². The fourth-order valence-electron chi connectivity index (χ4n) is 1.51. The molecule has 0 saturated heterocycles. The predicted octanol–water partition coefficient (Wildman–Crippen LogP) is -0.266. The molecule has 7 heteroatoms. The molecule has 1 atom stereocenters. The lowest BCUT2D eigenvalue weighted by atomic mass is 10.2. The van der Waals surface area contributed by atoms with Crippen LogP contribution in [0.25, 0.3) is 0 Å². The summed E-state index contributed by atoms with van der Waals surface area (Å²) in [6.07, 6.45) is 3.51. The molecule has 16 heavy (non-hydrogen) atoms. The summed E-state index contributed by atoms with van der Waals surface area (Å²) >= 11 is 0. The summed E-state index contributed by atoms with van der Waals surface area (Å²) < 4.78 is 26.0. The summed E-state index contributed by atoms with van der Waals surface area (Å²) in [6.45, 7) is 1.99. The molecule has 1 aromatic heterocycles. The van der Waals surface area contributed by atoms with E-state index in [1.807, 2.05) is 0 Å². The number of aromatic nitrogens is 2. The first kappa shape index (κ1) is 11.6. The molecule has 0 amide bonds. The average molecular weight is 244 g/mol. The number of sulfonamides is 1. The molecule has 90 valence electrons. The van der Waals surface area contributed by atoms with E-state index in [2.05, 4.69) is 14.7 Å². The van der Waals surface area contributed by atoms with Crippen molar-refractivity contribution >= 4 is 10.0 Å². The second kappa shape index (κ2) is 4.15. The molecule has 4 N–H and O–H groups in total. The lowest BCUT2D eigenvalue weighted by Gasteiger charge is -2.10. The van der Waals surface area contributed by atoms with Crippen LogP contribution in [-0.2, 0) is 10.0 Å². The first-order valence-electron chi connectivity index (χ1n) is 5.26. The molecule has 1 heterocycles. The number of hydrogen-bond donors (Lipinski definition) is 3. The molecule has 0 radical (unpaired) electrons. The number of rotatable bonds is 5. The van der Waals surface area contributed by atoms with E-state index < -0.39 is 10.0 Å². The minimum atomic E-state index is -3.49. The second-order valence-electron chi connectivity index (χ2n) is 4.19. The van der Waals surface area contributed by atoms with Crippen molar-refractivity contribution in [3.63, 3.8) is 0 Å². The standard InChI is InChI=1S/C9H16N4O2S/c1-6-11-5-9(13-6)16(14,15)12-4-8(10)7-2-3-7/h5,7-8,12H,2-4,10H2,1H3,(H,11,13). The Labute approximate surface area is 94.7 Å². The summed E-state index contributed by atoms with van der Waals surface area (Å²) in [4.78, 5) is 6.53. The van der Waals surface area contributed by atoms with Crippen LogP contribution in [0.5, 0.6) is 0 Å². The van der Waals surface area contributed by atoms with Crippen molar-refractivity contribution in [2.24, 2.45) is 11.7 Å². The van der Waals surface area contributed by atoms with E-state index in [4.69, 9.17) is 5.73 Å². The molecular formula is C9H16N4O2S. The first-order chi connectivity index (χ1) is 7.49. The maximum absolute atomic E-state index is 11.8. The minimum absolute atomic E-state index is 0.0845. The van der Waals surface area contributed by atoms with E-state index in [0.29, 0.717) is 11.7 Å². The van der Waals surface area contributed by atoms with Crippen LogP contribution in [0.2, 0.25) is 0 Å². The molecule has 1 fully saturated rings. The van der Waals surface area contributed by atoms with Crippen LogP contribution in [0.1, 0.15) is 18.7 Å². The third-order valence-electron chi connectivity index (χ3n) is 2.71. The minimum Gasteiger partial charge on any atom is -0.332 e. The van der Waals surface area contributed by atoms with Gasteiger partial charge in [0.25, 0.3) is 10.0 Å². The number of nitrogens with two attached hydrogens (primary N) is 1. The van der Waals surface area contributed by atoms with Crippen LogP contribution in [0.3, 0.4) is 0 Å². The fourth-order valence-corrected chi connectivity index (χ4v) is 2.55. The third-order valence-corrected chi connectivity index (χ3v) is 4.04. The molecule has 2 rings (SSSR count). The van der Waals surface area contributed by atoms with Crippen molar-refractivity contribution < 1.29 is 8.42 Å². The molecule has 1 aliphatic rings. The normalized spacial score (nSPS) is 18.6. The molecule has 0 bridgehead atoms. The van der Waals surface area contributed by atoms with Gasteiger partial charge >= 0.3 is 0 Å². The van der Waals surface area contributed by atoms with Gasteiger partial charge in [-0.05, 0) is 25.7 Å². The fraction of sp³-hybridized carbons (Fsp3) is 0.667. The zero-order valence-corrected chi connectivity index (χ0v) is 9.92. The highest BCUT2D eigenvalue weighted by Gasteiger charge is 2.29. The van der Waals surface area contributed by atoms with Gasteiger partial charge in [-0.15, -0.1) is 0 Å². The van der Waals surface area contributed by atoms with Crippen LogP contribution in [-0.4, -0.2) is 31.0 Å². The Morgan fingerprint density at radius 2 is 2.38 bits per heavy atom. The van der Waals surface area contributed by atoms with Gasteiger partial charge in [-0.3, -0.25) is 0 Å². The first-order valence-corrected chi connectivity index (χ1v) is 6.74. The van der Waals surface area contributed by atoms with Crippen molar-refractivity contribution in [3.05, 3.63) is 12.0 Å². The van der Waals surface area contributed by atoms with Gasteiger partial charge in [0.15, 0.2) is 5.03 Å². The molecular weight excluding hydrogens is 228 g/mol. The highest BCUT2D eigenvalue weighted by molar-refractivity contribution is 7.89. The van der Waals surface area contributed by atoms with E-state index in [0.717, 1.165) is 12.8 Å². The van der Waals surface area contributed by atoms with Gasteiger partial charge in [0.2, 0.25) is 0 Å². The SMILES string of the molecule is Cc1ncc(S(=O)(=O)NCC(N)C2CC2)[nH]1. The molecule has 6 nitrogen and oxygen atoms in total. The van der Waals surface area contributed by atoms with E-state index in [1.165, 1.54) is 6.20 Å². The van der Waals surface area contributed by atoms with Gasteiger partial charge in [0.1, 0.15) is 5.82 Å².